The molecule has 0 aliphatic carbocycles. The van der Waals surface area contributed by atoms with Crippen LogP contribution in [0.25, 0.3) is 0 Å². The molecule has 0 atom stereocenters. The molecule has 0 N–H and O–H groups in total. The van der Waals surface area contributed by atoms with E-state index >= 15 is 0 Å². The summed E-state index contributed by atoms with van der Waals surface area (Å²) in [6.07, 6.45) is 7.57. The van der Waals surface area contributed by atoms with Gasteiger partial charge in [0.1, 0.15) is 5.83 Å². The SMILES string of the molecule is C=C(Br)/C=C(F)\C=C/CCC(=O)N1CCCC1. The quantitative estimate of drug-likeness (QED) is 0.709. The molecule has 1 aliphatic rings. The summed E-state index contributed by atoms with van der Waals surface area (Å²) in [7, 11) is 0. The van der Waals surface area contributed by atoms with Gasteiger partial charge in [0.05, 0.1) is 0 Å². The maximum absolute atomic E-state index is 13.1. The van der Waals surface area contributed by atoms with Gasteiger partial charge in [-0.05, 0) is 31.4 Å². The summed E-state index contributed by atoms with van der Waals surface area (Å²) >= 11 is 3.05. The Morgan fingerprint density at radius 3 is 2.65 bits per heavy atom. The van der Waals surface area contributed by atoms with Gasteiger partial charge in [0.25, 0.3) is 0 Å². The number of likely N-dealkylation sites (tertiary alicyclic amines) is 1. The van der Waals surface area contributed by atoms with Gasteiger partial charge in [-0.25, -0.2) is 4.39 Å². The first-order valence-corrected chi connectivity index (χ1v) is 6.55. The normalized spacial score (nSPS) is 16.8. The van der Waals surface area contributed by atoms with Crippen LogP contribution in [0.5, 0.6) is 0 Å². The summed E-state index contributed by atoms with van der Waals surface area (Å²) in [6.45, 7) is 5.26. The molecule has 0 radical (unpaired) electrons. The Morgan fingerprint density at radius 1 is 1.41 bits per heavy atom. The van der Waals surface area contributed by atoms with Gasteiger partial charge < -0.3 is 4.90 Å². The molecule has 0 aromatic heterocycles. The molecular formula is C13H17BrFNO. The highest BCUT2D eigenvalue weighted by Gasteiger charge is 2.16. The largest absolute Gasteiger partial charge is 0.343 e. The van der Waals surface area contributed by atoms with Crippen LogP contribution in [0.1, 0.15) is 25.7 Å². The van der Waals surface area contributed by atoms with Crippen LogP contribution in [-0.2, 0) is 4.79 Å². The zero-order chi connectivity index (χ0) is 12.7. The minimum atomic E-state index is -0.361. The van der Waals surface area contributed by atoms with Crippen molar-refractivity contribution in [3.63, 3.8) is 0 Å². The topological polar surface area (TPSA) is 20.3 Å². The third kappa shape index (κ3) is 5.82. The molecule has 4 heteroatoms. The number of carbonyl (C=O) groups is 1. The van der Waals surface area contributed by atoms with Crippen LogP contribution in [0.3, 0.4) is 0 Å². The van der Waals surface area contributed by atoms with Crippen molar-refractivity contribution in [2.45, 2.75) is 25.7 Å². The molecule has 0 spiro atoms. The lowest BCUT2D eigenvalue weighted by molar-refractivity contribution is -0.130. The number of rotatable bonds is 5. The first-order valence-electron chi connectivity index (χ1n) is 5.75. The summed E-state index contributed by atoms with van der Waals surface area (Å²) in [5.74, 6) is -0.193. The minimum Gasteiger partial charge on any atom is -0.343 e. The average Bonchev–Trinajstić information content (AvgIpc) is 2.76. The average molecular weight is 302 g/mol. The van der Waals surface area contributed by atoms with Crippen molar-refractivity contribution in [3.05, 3.63) is 35.1 Å². The molecule has 1 rings (SSSR count). The first kappa shape index (κ1) is 14.2. The van der Waals surface area contributed by atoms with Crippen molar-refractivity contribution in [2.24, 2.45) is 0 Å². The first-order chi connectivity index (χ1) is 8.09. The summed E-state index contributed by atoms with van der Waals surface area (Å²) in [5.41, 5.74) is 0. The molecule has 0 aromatic carbocycles. The van der Waals surface area contributed by atoms with Gasteiger partial charge in [0, 0.05) is 24.0 Å². The van der Waals surface area contributed by atoms with Crippen molar-refractivity contribution in [1.29, 1.82) is 0 Å². The van der Waals surface area contributed by atoms with E-state index in [4.69, 9.17) is 0 Å². The van der Waals surface area contributed by atoms with Gasteiger partial charge in [-0.2, -0.15) is 0 Å². The van der Waals surface area contributed by atoms with Crippen molar-refractivity contribution < 1.29 is 9.18 Å². The number of hydrogen-bond donors (Lipinski definition) is 0. The fourth-order valence-corrected chi connectivity index (χ4v) is 1.94. The van der Waals surface area contributed by atoms with Crippen molar-refractivity contribution in [1.82, 2.24) is 4.90 Å². The van der Waals surface area contributed by atoms with Crippen LogP contribution < -0.4 is 0 Å². The molecule has 1 amide bonds. The Kier molecular flexibility index (Phi) is 6.19. The number of halogens is 2. The third-order valence-corrected chi connectivity index (χ3v) is 2.78. The minimum absolute atomic E-state index is 0.168. The van der Waals surface area contributed by atoms with Gasteiger partial charge in [0.15, 0.2) is 0 Å². The highest BCUT2D eigenvalue weighted by molar-refractivity contribution is 9.11. The molecule has 0 saturated carbocycles. The standard InChI is InChI=1S/C13H17BrFNO/c1-11(14)10-12(15)6-2-3-7-13(17)16-8-4-5-9-16/h2,6,10H,1,3-5,7-9H2/b6-2-,12-10+. The number of nitrogens with zero attached hydrogens (tertiary/aromatic N) is 1. The summed E-state index contributed by atoms with van der Waals surface area (Å²) < 4.78 is 13.6. The maximum atomic E-state index is 13.1. The molecule has 2 nitrogen and oxygen atoms in total. The number of carbonyl (C=O) groups excluding carboxylic acids is 1. The van der Waals surface area contributed by atoms with Crippen LogP contribution >= 0.6 is 15.9 Å². The van der Waals surface area contributed by atoms with Gasteiger partial charge in [-0.15, -0.1) is 0 Å². The lowest BCUT2D eigenvalue weighted by Crippen LogP contribution is -2.27. The Hall–Kier alpha value is -0.900. The maximum Gasteiger partial charge on any atom is 0.222 e. The van der Waals surface area contributed by atoms with Crippen molar-refractivity contribution in [3.8, 4) is 0 Å². The van der Waals surface area contributed by atoms with Crippen molar-refractivity contribution >= 4 is 21.8 Å². The van der Waals surface area contributed by atoms with Crippen molar-refractivity contribution in [2.75, 3.05) is 13.1 Å². The zero-order valence-electron chi connectivity index (χ0n) is 9.79. The fraction of sp³-hybridized carbons (Fsp3) is 0.462. The number of amides is 1. The Bertz CT molecular complexity index is 343. The van der Waals surface area contributed by atoms with E-state index in [1.54, 1.807) is 6.08 Å². The number of allylic oxidation sites excluding steroid dienone is 5. The predicted molar refractivity (Wildman–Crippen MR) is 71.4 cm³/mol. The molecule has 0 aromatic rings. The van der Waals surface area contributed by atoms with E-state index < -0.39 is 0 Å². The lowest BCUT2D eigenvalue weighted by Gasteiger charge is -2.13. The number of hydrogen-bond acceptors (Lipinski definition) is 1. The Balaban J connectivity index is 2.25. The van der Waals surface area contributed by atoms with Crippen LogP contribution in [0.4, 0.5) is 4.39 Å². The molecule has 0 unspecified atom stereocenters. The van der Waals surface area contributed by atoms with Crippen LogP contribution in [0.2, 0.25) is 0 Å². The second kappa shape index (κ2) is 7.43. The van der Waals surface area contributed by atoms with Gasteiger partial charge in [0.2, 0.25) is 5.91 Å². The highest BCUT2D eigenvalue weighted by atomic mass is 79.9. The van der Waals surface area contributed by atoms with Gasteiger partial charge in [-0.3, -0.25) is 4.79 Å². The van der Waals surface area contributed by atoms with E-state index in [9.17, 15) is 9.18 Å². The van der Waals surface area contributed by atoms with E-state index in [1.807, 2.05) is 4.90 Å². The fourth-order valence-electron chi connectivity index (χ4n) is 1.73. The van der Waals surface area contributed by atoms with Crippen LogP contribution in [0.15, 0.2) is 35.1 Å². The molecule has 1 heterocycles. The lowest BCUT2D eigenvalue weighted by atomic mass is 10.2. The highest BCUT2D eigenvalue weighted by Crippen LogP contribution is 2.12. The van der Waals surface area contributed by atoms with E-state index in [0.717, 1.165) is 25.9 Å². The van der Waals surface area contributed by atoms with Crippen LogP contribution in [0, 0.1) is 0 Å². The Morgan fingerprint density at radius 2 is 2.06 bits per heavy atom. The van der Waals surface area contributed by atoms with Gasteiger partial charge >= 0.3 is 0 Å². The summed E-state index contributed by atoms with van der Waals surface area (Å²) in [6, 6.07) is 0. The molecule has 1 aliphatic heterocycles. The zero-order valence-corrected chi connectivity index (χ0v) is 11.4. The summed E-state index contributed by atoms with van der Waals surface area (Å²) in [5, 5.41) is 0. The van der Waals surface area contributed by atoms with E-state index in [1.165, 1.54) is 12.2 Å². The molecule has 1 fully saturated rings. The molecule has 1 saturated heterocycles. The van der Waals surface area contributed by atoms with E-state index in [0.29, 0.717) is 17.3 Å². The van der Waals surface area contributed by atoms with E-state index in [2.05, 4.69) is 22.5 Å². The molecule has 0 bridgehead atoms. The van der Waals surface area contributed by atoms with Crippen LogP contribution in [-0.4, -0.2) is 23.9 Å². The summed E-state index contributed by atoms with van der Waals surface area (Å²) in [4.78, 5) is 13.5. The predicted octanol–water partition coefficient (Wildman–Crippen LogP) is 3.71. The molecule has 17 heavy (non-hydrogen) atoms. The van der Waals surface area contributed by atoms with Gasteiger partial charge in [-0.1, -0.05) is 28.6 Å². The second-order valence-corrected chi connectivity index (χ2v) is 5.02. The second-order valence-electron chi connectivity index (χ2n) is 4.01. The smallest absolute Gasteiger partial charge is 0.222 e. The monoisotopic (exact) mass is 301 g/mol. The Labute approximate surface area is 110 Å². The van der Waals surface area contributed by atoms with E-state index in [-0.39, 0.29) is 11.7 Å². The molecule has 94 valence electrons. The third-order valence-electron chi connectivity index (χ3n) is 2.56. The molecular weight excluding hydrogens is 285 g/mol.